The van der Waals surface area contributed by atoms with E-state index < -0.39 is 6.10 Å². The van der Waals surface area contributed by atoms with E-state index in [1.165, 1.54) is 12.8 Å². The normalized spacial score (nSPS) is 17.5. The lowest BCUT2D eigenvalue weighted by molar-refractivity contribution is 0.199. The van der Waals surface area contributed by atoms with E-state index in [1.807, 2.05) is 12.1 Å². The summed E-state index contributed by atoms with van der Waals surface area (Å²) in [5.74, 6) is 0.999. The Bertz CT molecular complexity index is 334. The first-order valence-corrected chi connectivity index (χ1v) is 5.63. The van der Waals surface area contributed by atoms with Gasteiger partial charge in [-0.2, -0.15) is 0 Å². The summed E-state index contributed by atoms with van der Waals surface area (Å²) in [5, 5.41) is 9.51. The first-order valence-electron chi connectivity index (χ1n) is 5.63. The van der Waals surface area contributed by atoms with Crippen LogP contribution in [0.15, 0.2) is 18.3 Å². The SMILES string of the molecule is CCN(c1cc([C@@H](C)O)ccn1)C1CC1. The standard InChI is InChI=1S/C12H18N2O/c1-3-14(11-4-5-11)12-8-10(9(2)15)6-7-13-12/h6-9,11,15H,3-5H2,1-2H3/t9-/m1/s1. The van der Waals surface area contributed by atoms with E-state index >= 15 is 0 Å². The van der Waals surface area contributed by atoms with Gasteiger partial charge in [-0.05, 0) is 44.4 Å². The molecule has 1 fully saturated rings. The van der Waals surface area contributed by atoms with E-state index in [2.05, 4.69) is 16.8 Å². The molecule has 0 aliphatic heterocycles. The minimum absolute atomic E-state index is 0.412. The highest BCUT2D eigenvalue weighted by molar-refractivity contribution is 5.43. The molecule has 1 N–H and O–H groups in total. The van der Waals surface area contributed by atoms with Crippen LogP contribution in [0.25, 0.3) is 0 Å². The Balaban J connectivity index is 2.22. The van der Waals surface area contributed by atoms with Gasteiger partial charge in [0.15, 0.2) is 0 Å². The van der Waals surface area contributed by atoms with Crippen LogP contribution >= 0.6 is 0 Å². The second-order valence-corrected chi connectivity index (χ2v) is 4.14. The smallest absolute Gasteiger partial charge is 0.129 e. The van der Waals surface area contributed by atoms with Crippen molar-refractivity contribution in [3.05, 3.63) is 23.9 Å². The molecule has 15 heavy (non-hydrogen) atoms. The molecule has 0 spiro atoms. The molecule has 0 radical (unpaired) electrons. The molecule has 1 aliphatic carbocycles. The molecule has 2 rings (SSSR count). The molecule has 1 saturated carbocycles. The van der Waals surface area contributed by atoms with Crippen LogP contribution in [0.1, 0.15) is 38.4 Å². The van der Waals surface area contributed by atoms with E-state index in [9.17, 15) is 5.11 Å². The number of rotatable bonds is 4. The summed E-state index contributed by atoms with van der Waals surface area (Å²) in [7, 11) is 0. The third-order valence-electron chi connectivity index (χ3n) is 2.87. The van der Waals surface area contributed by atoms with Crippen LogP contribution in [0.2, 0.25) is 0 Å². The molecule has 0 bridgehead atoms. The predicted octanol–water partition coefficient (Wildman–Crippen LogP) is 2.12. The Hall–Kier alpha value is -1.09. The second kappa shape index (κ2) is 4.19. The van der Waals surface area contributed by atoms with E-state index in [1.54, 1.807) is 13.1 Å². The Labute approximate surface area is 90.8 Å². The Morgan fingerprint density at radius 3 is 2.87 bits per heavy atom. The summed E-state index contributed by atoms with van der Waals surface area (Å²) in [6.45, 7) is 4.92. The van der Waals surface area contributed by atoms with Gasteiger partial charge >= 0.3 is 0 Å². The molecule has 0 saturated heterocycles. The van der Waals surface area contributed by atoms with Crippen molar-refractivity contribution in [1.29, 1.82) is 0 Å². The third-order valence-corrected chi connectivity index (χ3v) is 2.87. The average molecular weight is 206 g/mol. The van der Waals surface area contributed by atoms with Gasteiger partial charge in [0.2, 0.25) is 0 Å². The van der Waals surface area contributed by atoms with Crippen LogP contribution in [0.3, 0.4) is 0 Å². The lowest BCUT2D eigenvalue weighted by Gasteiger charge is -2.22. The summed E-state index contributed by atoms with van der Waals surface area (Å²) in [6.07, 6.45) is 3.91. The van der Waals surface area contributed by atoms with Crippen molar-refractivity contribution in [3.8, 4) is 0 Å². The van der Waals surface area contributed by atoms with Crippen LogP contribution in [0.5, 0.6) is 0 Å². The summed E-state index contributed by atoms with van der Waals surface area (Å²) in [4.78, 5) is 6.68. The van der Waals surface area contributed by atoms with Crippen molar-refractivity contribution in [1.82, 2.24) is 4.98 Å². The number of hydrogen-bond donors (Lipinski definition) is 1. The number of pyridine rings is 1. The molecule has 1 aromatic heterocycles. The predicted molar refractivity (Wildman–Crippen MR) is 60.9 cm³/mol. The molecule has 1 heterocycles. The molecule has 0 unspecified atom stereocenters. The number of anilines is 1. The summed E-state index contributed by atoms with van der Waals surface area (Å²) in [5.41, 5.74) is 0.944. The van der Waals surface area contributed by atoms with Crippen LogP contribution < -0.4 is 4.90 Å². The Morgan fingerprint density at radius 2 is 2.33 bits per heavy atom. The summed E-state index contributed by atoms with van der Waals surface area (Å²) in [6, 6.07) is 4.54. The Kier molecular flexibility index (Phi) is 2.91. The molecule has 0 aromatic carbocycles. The Morgan fingerprint density at radius 1 is 1.60 bits per heavy atom. The quantitative estimate of drug-likeness (QED) is 0.819. The maximum absolute atomic E-state index is 9.51. The number of hydrogen-bond acceptors (Lipinski definition) is 3. The fourth-order valence-corrected chi connectivity index (χ4v) is 1.84. The maximum atomic E-state index is 9.51. The fraction of sp³-hybridized carbons (Fsp3) is 0.583. The van der Waals surface area contributed by atoms with Gasteiger partial charge in [-0.3, -0.25) is 0 Å². The maximum Gasteiger partial charge on any atom is 0.129 e. The molecule has 1 atom stereocenters. The summed E-state index contributed by atoms with van der Waals surface area (Å²) >= 11 is 0. The van der Waals surface area contributed by atoms with Gasteiger partial charge in [0.1, 0.15) is 5.82 Å². The molecular weight excluding hydrogens is 188 g/mol. The van der Waals surface area contributed by atoms with E-state index in [0.29, 0.717) is 6.04 Å². The zero-order valence-electron chi connectivity index (χ0n) is 9.35. The van der Waals surface area contributed by atoms with Crippen LogP contribution in [0.4, 0.5) is 5.82 Å². The van der Waals surface area contributed by atoms with Crippen LogP contribution in [-0.2, 0) is 0 Å². The van der Waals surface area contributed by atoms with Crippen molar-refractivity contribution in [2.75, 3.05) is 11.4 Å². The molecule has 1 aromatic rings. The molecule has 1 aliphatic rings. The van der Waals surface area contributed by atoms with Gasteiger partial charge in [-0.15, -0.1) is 0 Å². The molecule has 3 heteroatoms. The van der Waals surface area contributed by atoms with Crippen molar-refractivity contribution in [2.24, 2.45) is 0 Å². The monoisotopic (exact) mass is 206 g/mol. The van der Waals surface area contributed by atoms with Crippen molar-refractivity contribution >= 4 is 5.82 Å². The number of aliphatic hydroxyl groups is 1. The lowest BCUT2D eigenvalue weighted by atomic mass is 10.1. The molecule has 3 nitrogen and oxygen atoms in total. The van der Waals surface area contributed by atoms with Gasteiger partial charge in [-0.1, -0.05) is 0 Å². The lowest BCUT2D eigenvalue weighted by Crippen LogP contribution is -2.26. The summed E-state index contributed by atoms with van der Waals surface area (Å²) < 4.78 is 0. The molecule has 82 valence electrons. The van der Waals surface area contributed by atoms with Gasteiger partial charge in [-0.25, -0.2) is 4.98 Å². The molecular formula is C12H18N2O. The largest absolute Gasteiger partial charge is 0.389 e. The zero-order valence-corrected chi connectivity index (χ0v) is 9.35. The van der Waals surface area contributed by atoms with E-state index in [4.69, 9.17) is 0 Å². The zero-order chi connectivity index (χ0) is 10.8. The second-order valence-electron chi connectivity index (χ2n) is 4.14. The fourth-order valence-electron chi connectivity index (χ4n) is 1.84. The van der Waals surface area contributed by atoms with Gasteiger partial charge in [0.25, 0.3) is 0 Å². The van der Waals surface area contributed by atoms with E-state index in [-0.39, 0.29) is 0 Å². The van der Waals surface area contributed by atoms with Crippen LogP contribution in [0, 0.1) is 0 Å². The first kappa shape index (κ1) is 10.4. The minimum Gasteiger partial charge on any atom is -0.389 e. The third kappa shape index (κ3) is 2.29. The van der Waals surface area contributed by atoms with Gasteiger partial charge < -0.3 is 10.0 Å². The highest BCUT2D eigenvalue weighted by atomic mass is 16.3. The molecule has 0 amide bonds. The number of aromatic nitrogens is 1. The van der Waals surface area contributed by atoms with E-state index in [0.717, 1.165) is 17.9 Å². The first-order chi connectivity index (χ1) is 7.22. The number of aliphatic hydroxyl groups excluding tert-OH is 1. The van der Waals surface area contributed by atoms with Crippen molar-refractivity contribution < 1.29 is 5.11 Å². The number of nitrogens with zero attached hydrogens (tertiary/aromatic N) is 2. The van der Waals surface area contributed by atoms with Gasteiger partial charge in [0, 0.05) is 18.8 Å². The highest BCUT2D eigenvalue weighted by Crippen LogP contribution is 2.31. The minimum atomic E-state index is -0.412. The van der Waals surface area contributed by atoms with Crippen LogP contribution in [-0.4, -0.2) is 22.7 Å². The van der Waals surface area contributed by atoms with Crippen molar-refractivity contribution in [2.45, 2.75) is 38.8 Å². The average Bonchev–Trinajstić information content (AvgIpc) is 3.04. The topological polar surface area (TPSA) is 36.4 Å². The highest BCUT2D eigenvalue weighted by Gasteiger charge is 2.28. The van der Waals surface area contributed by atoms with Crippen molar-refractivity contribution in [3.63, 3.8) is 0 Å². The van der Waals surface area contributed by atoms with Gasteiger partial charge in [0.05, 0.1) is 6.10 Å².